The van der Waals surface area contributed by atoms with Gasteiger partial charge < -0.3 is 9.47 Å². The zero-order chi connectivity index (χ0) is 17.6. The molecule has 24 heavy (non-hydrogen) atoms. The summed E-state index contributed by atoms with van der Waals surface area (Å²) in [6, 6.07) is 12.9. The van der Waals surface area contributed by atoms with E-state index in [9.17, 15) is 13.2 Å². The molecule has 0 saturated heterocycles. The van der Waals surface area contributed by atoms with Gasteiger partial charge in [-0.25, -0.2) is 8.42 Å². The van der Waals surface area contributed by atoms with Gasteiger partial charge in [-0.1, -0.05) is 17.7 Å². The molecule has 0 aromatic heterocycles. The maximum absolute atomic E-state index is 12.0. The first-order chi connectivity index (χ1) is 11.4. The molecule has 2 rings (SSSR count). The fourth-order valence-electron chi connectivity index (χ4n) is 1.76. The summed E-state index contributed by atoms with van der Waals surface area (Å²) < 4.78 is 34.3. The number of benzene rings is 2. The molecule has 2 aromatic rings. The van der Waals surface area contributed by atoms with Crippen LogP contribution in [0.15, 0.2) is 53.4 Å². The van der Waals surface area contributed by atoms with E-state index in [-0.39, 0.29) is 11.5 Å². The van der Waals surface area contributed by atoms with Gasteiger partial charge in [-0.15, -0.1) is 4.83 Å². The van der Waals surface area contributed by atoms with E-state index in [1.54, 1.807) is 43.5 Å². The van der Waals surface area contributed by atoms with Gasteiger partial charge in [0.15, 0.2) is 6.61 Å². The van der Waals surface area contributed by atoms with Crippen LogP contribution in [0.2, 0.25) is 0 Å². The van der Waals surface area contributed by atoms with Crippen LogP contribution in [0.4, 0.5) is 0 Å². The minimum absolute atomic E-state index is 0.0597. The zero-order valence-corrected chi connectivity index (χ0v) is 14.1. The predicted molar refractivity (Wildman–Crippen MR) is 88.1 cm³/mol. The molecule has 0 spiro atoms. The third-order valence-electron chi connectivity index (χ3n) is 3.09. The number of hydrazine groups is 1. The first-order valence-electron chi connectivity index (χ1n) is 7.05. The smallest absolute Gasteiger partial charge is 0.272 e. The molecule has 2 N–H and O–H groups in total. The van der Waals surface area contributed by atoms with E-state index in [4.69, 9.17) is 9.47 Å². The van der Waals surface area contributed by atoms with Gasteiger partial charge in [-0.2, -0.15) is 0 Å². The summed E-state index contributed by atoms with van der Waals surface area (Å²) >= 11 is 0. The molecule has 0 aliphatic heterocycles. The quantitative estimate of drug-likeness (QED) is 0.736. The van der Waals surface area contributed by atoms with Crippen molar-refractivity contribution in [1.29, 1.82) is 0 Å². The summed E-state index contributed by atoms with van der Waals surface area (Å²) in [5.41, 5.74) is 3.04. The van der Waals surface area contributed by atoms with Crippen molar-refractivity contribution in [3.05, 3.63) is 54.1 Å². The van der Waals surface area contributed by atoms with Crippen molar-refractivity contribution in [2.24, 2.45) is 0 Å². The molecule has 0 aliphatic carbocycles. The van der Waals surface area contributed by atoms with Crippen molar-refractivity contribution < 1.29 is 22.7 Å². The van der Waals surface area contributed by atoms with Gasteiger partial charge in [0.25, 0.3) is 15.9 Å². The second kappa shape index (κ2) is 7.80. The molecule has 0 unspecified atom stereocenters. The first kappa shape index (κ1) is 17.8. The molecule has 1 amide bonds. The number of methoxy groups -OCH3 is 1. The lowest BCUT2D eigenvalue weighted by atomic mass is 10.2. The van der Waals surface area contributed by atoms with Crippen LogP contribution in [0.3, 0.4) is 0 Å². The van der Waals surface area contributed by atoms with Crippen LogP contribution in [0.5, 0.6) is 11.5 Å². The molecule has 0 bridgehead atoms. The van der Waals surface area contributed by atoms with E-state index >= 15 is 0 Å². The van der Waals surface area contributed by atoms with Crippen molar-refractivity contribution in [3.8, 4) is 11.5 Å². The first-order valence-corrected chi connectivity index (χ1v) is 8.53. The van der Waals surface area contributed by atoms with Crippen molar-refractivity contribution >= 4 is 15.9 Å². The third-order valence-corrected chi connectivity index (χ3v) is 4.35. The van der Waals surface area contributed by atoms with Crippen LogP contribution >= 0.6 is 0 Å². The van der Waals surface area contributed by atoms with E-state index in [1.165, 1.54) is 12.1 Å². The second-order valence-corrected chi connectivity index (χ2v) is 6.61. The highest BCUT2D eigenvalue weighted by molar-refractivity contribution is 7.89. The lowest BCUT2D eigenvalue weighted by Crippen LogP contribution is -2.43. The number of hydrogen-bond donors (Lipinski definition) is 2. The summed E-state index contributed by atoms with van der Waals surface area (Å²) in [4.78, 5) is 13.8. The molecule has 8 heteroatoms. The number of aryl methyl sites for hydroxylation is 1. The second-order valence-electron chi connectivity index (χ2n) is 4.93. The Kier molecular flexibility index (Phi) is 5.78. The number of rotatable bonds is 7. The van der Waals surface area contributed by atoms with E-state index in [0.717, 1.165) is 5.56 Å². The Hall–Kier alpha value is -2.58. The van der Waals surface area contributed by atoms with Crippen LogP contribution in [-0.2, 0) is 14.8 Å². The van der Waals surface area contributed by atoms with Crippen LogP contribution < -0.4 is 19.7 Å². The molecule has 0 heterocycles. The molecule has 0 saturated carbocycles. The van der Waals surface area contributed by atoms with Crippen LogP contribution in [-0.4, -0.2) is 28.0 Å². The highest BCUT2D eigenvalue weighted by Crippen LogP contribution is 2.16. The normalized spacial score (nSPS) is 10.9. The van der Waals surface area contributed by atoms with Crippen LogP contribution in [0, 0.1) is 6.92 Å². The van der Waals surface area contributed by atoms with E-state index < -0.39 is 15.9 Å². The van der Waals surface area contributed by atoms with Crippen LogP contribution in [0.1, 0.15) is 5.56 Å². The maximum atomic E-state index is 12.0. The van der Waals surface area contributed by atoms with Gasteiger partial charge in [-0.3, -0.25) is 10.2 Å². The van der Waals surface area contributed by atoms with E-state index in [0.29, 0.717) is 11.5 Å². The number of ether oxygens (including phenoxy) is 2. The summed E-state index contributed by atoms with van der Waals surface area (Å²) in [6.45, 7) is 1.52. The maximum Gasteiger partial charge on any atom is 0.272 e. The Labute approximate surface area is 140 Å². The fraction of sp³-hybridized carbons (Fsp3) is 0.188. The number of carbonyl (C=O) groups is 1. The average molecular weight is 350 g/mol. The third kappa shape index (κ3) is 4.97. The van der Waals surface area contributed by atoms with Crippen molar-refractivity contribution in [2.45, 2.75) is 11.8 Å². The molecule has 0 atom stereocenters. The van der Waals surface area contributed by atoms with Crippen molar-refractivity contribution in [3.63, 3.8) is 0 Å². The molecule has 0 aliphatic rings. The topological polar surface area (TPSA) is 93.7 Å². The number of carbonyl (C=O) groups excluding carboxylic acids is 1. The predicted octanol–water partition coefficient (Wildman–Crippen LogP) is 1.39. The zero-order valence-electron chi connectivity index (χ0n) is 13.3. The minimum Gasteiger partial charge on any atom is -0.497 e. The Morgan fingerprint density at radius 1 is 1.00 bits per heavy atom. The summed E-state index contributed by atoms with van der Waals surface area (Å²) in [7, 11) is -2.27. The lowest BCUT2D eigenvalue weighted by molar-refractivity contribution is -0.123. The minimum atomic E-state index is -3.82. The van der Waals surface area contributed by atoms with Gasteiger partial charge in [0.1, 0.15) is 11.5 Å². The van der Waals surface area contributed by atoms with Gasteiger partial charge in [0, 0.05) is 0 Å². The van der Waals surface area contributed by atoms with Gasteiger partial charge >= 0.3 is 0 Å². The monoisotopic (exact) mass is 350 g/mol. The molecular weight excluding hydrogens is 332 g/mol. The summed E-state index contributed by atoms with van der Waals surface area (Å²) in [6.07, 6.45) is 0. The molecule has 0 fully saturated rings. The summed E-state index contributed by atoms with van der Waals surface area (Å²) in [5.74, 6) is 0.506. The Bertz CT molecular complexity index is 786. The van der Waals surface area contributed by atoms with Crippen molar-refractivity contribution in [2.75, 3.05) is 13.7 Å². The molecule has 0 radical (unpaired) electrons. The number of amides is 1. The van der Waals surface area contributed by atoms with Crippen molar-refractivity contribution in [1.82, 2.24) is 10.3 Å². The Morgan fingerprint density at radius 2 is 1.58 bits per heavy atom. The standard InChI is InChI=1S/C16H18N2O5S/c1-12-3-9-15(10-4-12)24(20,21)18-17-16(19)11-23-14-7-5-13(22-2)6-8-14/h3-10,18H,11H2,1-2H3,(H,17,19). The average Bonchev–Trinajstić information content (AvgIpc) is 2.59. The number of nitrogens with one attached hydrogen (secondary N) is 2. The number of hydrogen-bond acceptors (Lipinski definition) is 5. The lowest BCUT2D eigenvalue weighted by Gasteiger charge is -2.10. The van der Waals surface area contributed by atoms with Gasteiger partial charge in [0.05, 0.1) is 12.0 Å². The van der Waals surface area contributed by atoms with Gasteiger partial charge in [0.2, 0.25) is 0 Å². The SMILES string of the molecule is COc1ccc(OCC(=O)NNS(=O)(=O)c2ccc(C)cc2)cc1. The fourth-order valence-corrected chi connectivity index (χ4v) is 2.62. The van der Waals surface area contributed by atoms with Crippen LogP contribution in [0.25, 0.3) is 0 Å². The van der Waals surface area contributed by atoms with Gasteiger partial charge in [-0.05, 0) is 43.3 Å². The highest BCUT2D eigenvalue weighted by Gasteiger charge is 2.14. The largest absolute Gasteiger partial charge is 0.497 e. The highest BCUT2D eigenvalue weighted by atomic mass is 32.2. The molecule has 128 valence electrons. The summed E-state index contributed by atoms with van der Waals surface area (Å²) in [5, 5.41) is 0. The molecular formula is C16H18N2O5S. The van der Waals surface area contributed by atoms with E-state index in [2.05, 4.69) is 5.43 Å². The molecule has 7 nitrogen and oxygen atoms in total. The number of sulfonamides is 1. The Balaban J connectivity index is 1.84. The van der Waals surface area contributed by atoms with E-state index in [1.807, 2.05) is 11.8 Å². The Morgan fingerprint density at radius 3 is 2.17 bits per heavy atom. The molecule has 2 aromatic carbocycles.